The highest BCUT2D eigenvalue weighted by Crippen LogP contribution is 2.24. The second-order valence-corrected chi connectivity index (χ2v) is 7.20. The molecule has 1 aromatic rings. The van der Waals surface area contributed by atoms with Crippen molar-refractivity contribution in [1.29, 1.82) is 0 Å². The van der Waals surface area contributed by atoms with E-state index in [9.17, 15) is 4.79 Å². The van der Waals surface area contributed by atoms with Gasteiger partial charge in [-0.1, -0.05) is 44.2 Å². The minimum Gasteiger partial charge on any atom is -0.469 e. The van der Waals surface area contributed by atoms with Gasteiger partial charge in [-0.2, -0.15) is 0 Å². The Balaban J connectivity index is 0.00000338. The molecule has 2 rings (SSSR count). The summed E-state index contributed by atoms with van der Waals surface area (Å²) in [6.45, 7) is 9.74. The van der Waals surface area contributed by atoms with Crippen LogP contribution in [-0.2, 0) is 14.9 Å². The van der Waals surface area contributed by atoms with Crippen molar-refractivity contribution in [2.45, 2.75) is 39.0 Å². The molecule has 0 saturated carbocycles. The number of benzene rings is 1. The van der Waals surface area contributed by atoms with Gasteiger partial charge in [0.2, 0.25) is 0 Å². The first-order valence-electron chi connectivity index (χ1n) is 9.14. The monoisotopic (exact) mass is 473 g/mol. The molecule has 0 amide bonds. The summed E-state index contributed by atoms with van der Waals surface area (Å²) in [5, 5.41) is 3.39. The fraction of sp³-hybridized carbons (Fsp3) is 0.600. The van der Waals surface area contributed by atoms with Crippen LogP contribution < -0.4 is 5.32 Å². The third-order valence-corrected chi connectivity index (χ3v) is 4.84. The maximum Gasteiger partial charge on any atom is 0.308 e. The maximum atomic E-state index is 11.7. The van der Waals surface area contributed by atoms with Gasteiger partial charge in [0.05, 0.1) is 19.6 Å². The number of guanidine groups is 1. The highest BCUT2D eigenvalue weighted by atomic mass is 127. The first-order valence-corrected chi connectivity index (χ1v) is 9.14. The number of ether oxygens (including phenoxy) is 1. The number of methoxy groups -OCH3 is 1. The molecule has 1 fully saturated rings. The molecule has 1 saturated heterocycles. The van der Waals surface area contributed by atoms with Crippen LogP contribution in [0, 0.1) is 5.92 Å². The summed E-state index contributed by atoms with van der Waals surface area (Å²) in [5.74, 6) is 0.867. The van der Waals surface area contributed by atoms with Crippen molar-refractivity contribution < 1.29 is 9.53 Å². The lowest BCUT2D eigenvalue weighted by molar-refractivity contribution is -0.146. The van der Waals surface area contributed by atoms with Crippen molar-refractivity contribution in [3.63, 3.8) is 0 Å². The minimum absolute atomic E-state index is 0. The summed E-state index contributed by atoms with van der Waals surface area (Å²) in [6, 6.07) is 10.5. The SMILES string of the molecule is CCNC(=NCC(C)(C)c1ccccc1)N1CCC(C(=O)OC)CC1.I. The van der Waals surface area contributed by atoms with Gasteiger partial charge in [-0.15, -0.1) is 24.0 Å². The molecule has 1 aromatic carbocycles. The van der Waals surface area contributed by atoms with Gasteiger partial charge in [0.1, 0.15) is 0 Å². The smallest absolute Gasteiger partial charge is 0.308 e. The summed E-state index contributed by atoms with van der Waals surface area (Å²) in [4.78, 5) is 18.8. The molecular weight excluding hydrogens is 441 g/mol. The minimum atomic E-state index is -0.0909. The standard InChI is InChI=1S/C20H31N3O2.HI/c1-5-21-19(23-13-11-16(12-14-23)18(24)25-4)22-15-20(2,3)17-9-7-6-8-10-17;/h6-10,16H,5,11-15H2,1-4H3,(H,21,22);1H. The van der Waals surface area contributed by atoms with E-state index in [1.165, 1.54) is 12.7 Å². The van der Waals surface area contributed by atoms with E-state index in [0.29, 0.717) is 0 Å². The van der Waals surface area contributed by atoms with Crippen LogP contribution >= 0.6 is 24.0 Å². The molecule has 1 N–H and O–H groups in total. The molecule has 1 aliphatic rings. The highest BCUT2D eigenvalue weighted by Gasteiger charge is 2.27. The van der Waals surface area contributed by atoms with E-state index >= 15 is 0 Å². The van der Waals surface area contributed by atoms with Gasteiger partial charge in [0.25, 0.3) is 0 Å². The Labute approximate surface area is 174 Å². The topological polar surface area (TPSA) is 53.9 Å². The lowest BCUT2D eigenvalue weighted by Gasteiger charge is -2.34. The molecule has 0 bridgehead atoms. The summed E-state index contributed by atoms with van der Waals surface area (Å²) < 4.78 is 4.87. The summed E-state index contributed by atoms with van der Waals surface area (Å²) in [5.41, 5.74) is 1.27. The molecule has 0 aromatic heterocycles. The molecule has 0 aliphatic carbocycles. The van der Waals surface area contributed by atoms with Gasteiger partial charge >= 0.3 is 5.97 Å². The first-order chi connectivity index (χ1) is 12.0. The summed E-state index contributed by atoms with van der Waals surface area (Å²) in [7, 11) is 1.46. The number of halogens is 1. The van der Waals surface area contributed by atoms with E-state index < -0.39 is 0 Å². The number of hydrogen-bond acceptors (Lipinski definition) is 3. The number of carbonyl (C=O) groups is 1. The van der Waals surface area contributed by atoms with Crippen molar-refractivity contribution in [2.24, 2.45) is 10.9 Å². The molecule has 6 heteroatoms. The van der Waals surface area contributed by atoms with E-state index in [2.05, 4.69) is 55.3 Å². The van der Waals surface area contributed by atoms with E-state index in [4.69, 9.17) is 9.73 Å². The van der Waals surface area contributed by atoms with Gasteiger partial charge in [0, 0.05) is 25.0 Å². The summed E-state index contributed by atoms with van der Waals surface area (Å²) in [6.07, 6.45) is 1.64. The third kappa shape index (κ3) is 6.14. The van der Waals surface area contributed by atoms with Crippen LogP contribution in [0.1, 0.15) is 39.2 Å². The highest BCUT2D eigenvalue weighted by molar-refractivity contribution is 14.0. The quantitative estimate of drug-likeness (QED) is 0.308. The zero-order valence-electron chi connectivity index (χ0n) is 16.3. The largest absolute Gasteiger partial charge is 0.469 e. The Hall–Kier alpha value is -1.31. The lowest BCUT2D eigenvalue weighted by Crippen LogP contribution is -2.47. The number of likely N-dealkylation sites (tertiary alicyclic amines) is 1. The van der Waals surface area contributed by atoms with Gasteiger partial charge < -0.3 is 15.0 Å². The number of aliphatic imine (C=N–C) groups is 1. The fourth-order valence-electron chi connectivity index (χ4n) is 3.17. The number of carbonyl (C=O) groups excluding carboxylic acids is 1. The molecule has 0 radical (unpaired) electrons. The Morgan fingerprint density at radius 2 is 1.88 bits per heavy atom. The van der Waals surface area contributed by atoms with Crippen LogP contribution in [0.2, 0.25) is 0 Å². The molecule has 0 unspecified atom stereocenters. The van der Waals surface area contributed by atoms with E-state index in [1.54, 1.807) is 0 Å². The number of piperidine rings is 1. The van der Waals surface area contributed by atoms with E-state index in [0.717, 1.165) is 45.0 Å². The molecular formula is C20H32IN3O2. The first kappa shape index (κ1) is 22.7. The van der Waals surface area contributed by atoms with Crippen molar-refractivity contribution in [3.05, 3.63) is 35.9 Å². The number of rotatable bonds is 5. The normalized spacial score (nSPS) is 16.0. The van der Waals surface area contributed by atoms with Gasteiger partial charge in [-0.05, 0) is 25.3 Å². The van der Waals surface area contributed by atoms with Gasteiger partial charge in [-0.3, -0.25) is 9.79 Å². The molecule has 1 aliphatic heterocycles. The number of hydrogen-bond donors (Lipinski definition) is 1. The predicted octanol–water partition coefficient (Wildman–Crippen LogP) is 3.43. The van der Waals surface area contributed by atoms with Crippen molar-refractivity contribution >= 4 is 35.9 Å². The van der Waals surface area contributed by atoms with Crippen LogP contribution in [-0.4, -0.2) is 50.1 Å². The lowest BCUT2D eigenvalue weighted by atomic mass is 9.85. The Bertz CT molecular complexity index is 582. The third-order valence-electron chi connectivity index (χ3n) is 4.84. The Morgan fingerprint density at radius 1 is 1.27 bits per heavy atom. The zero-order chi connectivity index (χ0) is 18.3. The van der Waals surface area contributed by atoms with Crippen LogP contribution in [0.3, 0.4) is 0 Å². The fourth-order valence-corrected chi connectivity index (χ4v) is 3.17. The molecule has 1 heterocycles. The van der Waals surface area contributed by atoms with Crippen molar-refractivity contribution in [2.75, 3.05) is 33.3 Å². The molecule has 26 heavy (non-hydrogen) atoms. The van der Waals surface area contributed by atoms with Crippen LogP contribution in [0.5, 0.6) is 0 Å². The zero-order valence-corrected chi connectivity index (χ0v) is 18.7. The maximum absolute atomic E-state index is 11.7. The summed E-state index contributed by atoms with van der Waals surface area (Å²) >= 11 is 0. The Morgan fingerprint density at radius 3 is 2.42 bits per heavy atom. The average molecular weight is 473 g/mol. The molecule has 0 spiro atoms. The second kappa shape index (κ2) is 10.7. The van der Waals surface area contributed by atoms with Crippen LogP contribution in [0.4, 0.5) is 0 Å². The van der Waals surface area contributed by atoms with Crippen LogP contribution in [0.25, 0.3) is 0 Å². The van der Waals surface area contributed by atoms with Gasteiger partial charge in [0.15, 0.2) is 5.96 Å². The Kier molecular flexibility index (Phi) is 9.39. The molecule has 0 atom stereocenters. The molecule has 146 valence electrons. The number of nitrogens with zero attached hydrogens (tertiary/aromatic N) is 2. The van der Waals surface area contributed by atoms with E-state index in [-0.39, 0.29) is 41.3 Å². The molecule has 5 nitrogen and oxygen atoms in total. The van der Waals surface area contributed by atoms with Crippen molar-refractivity contribution in [3.8, 4) is 0 Å². The van der Waals surface area contributed by atoms with Crippen molar-refractivity contribution in [1.82, 2.24) is 10.2 Å². The second-order valence-electron chi connectivity index (χ2n) is 7.20. The predicted molar refractivity (Wildman–Crippen MR) is 117 cm³/mol. The van der Waals surface area contributed by atoms with E-state index in [1.807, 2.05) is 6.07 Å². The number of nitrogens with one attached hydrogen (secondary N) is 1. The van der Waals surface area contributed by atoms with Crippen LogP contribution in [0.15, 0.2) is 35.3 Å². The van der Waals surface area contributed by atoms with Gasteiger partial charge in [-0.25, -0.2) is 0 Å². The average Bonchev–Trinajstić information content (AvgIpc) is 2.65. The number of esters is 1.